The maximum absolute atomic E-state index is 14.1. The molecule has 0 fully saturated rings. The first kappa shape index (κ1) is 17.4. The van der Waals surface area contributed by atoms with Crippen molar-refractivity contribution < 1.29 is 8.81 Å². The van der Waals surface area contributed by atoms with Gasteiger partial charge in [-0.05, 0) is 48.6 Å². The predicted molar refractivity (Wildman–Crippen MR) is 105 cm³/mol. The molecule has 5 nitrogen and oxygen atoms in total. The summed E-state index contributed by atoms with van der Waals surface area (Å²) in [7, 11) is 0. The first-order valence-corrected chi connectivity index (χ1v) is 8.73. The van der Waals surface area contributed by atoms with Crippen molar-refractivity contribution >= 4 is 30.0 Å². The smallest absolute Gasteiger partial charge is 0.216 e. The van der Waals surface area contributed by atoms with Crippen molar-refractivity contribution in [2.24, 2.45) is 5.10 Å². The van der Waals surface area contributed by atoms with Gasteiger partial charge < -0.3 is 4.42 Å². The molecule has 2 aromatic carbocycles. The Morgan fingerprint density at radius 1 is 1.07 bits per heavy atom. The number of rotatable bonds is 4. The number of aromatic nitrogens is 3. The Labute approximate surface area is 163 Å². The molecule has 134 valence electrons. The minimum absolute atomic E-state index is 0.238. The molecule has 0 bridgehead atoms. The third-order valence-electron chi connectivity index (χ3n) is 3.83. The van der Waals surface area contributed by atoms with E-state index in [1.54, 1.807) is 36.4 Å². The van der Waals surface area contributed by atoms with Gasteiger partial charge in [-0.1, -0.05) is 35.9 Å². The number of benzene rings is 2. The van der Waals surface area contributed by atoms with Crippen LogP contribution in [0.25, 0.3) is 22.7 Å². The predicted octanol–water partition coefficient (Wildman–Crippen LogP) is 5.54. The van der Waals surface area contributed by atoms with Crippen LogP contribution in [0.5, 0.6) is 0 Å². The SMILES string of the molecule is Fc1ccccc1-c1n[nH]c(=S)n1N=Cc1ccc(-c2ccccc2Cl)o1. The average molecular weight is 399 g/mol. The molecule has 0 aliphatic heterocycles. The molecule has 0 radical (unpaired) electrons. The molecule has 0 aliphatic rings. The highest BCUT2D eigenvalue weighted by atomic mass is 35.5. The first-order valence-electron chi connectivity index (χ1n) is 7.95. The van der Waals surface area contributed by atoms with Gasteiger partial charge in [-0.3, -0.25) is 0 Å². The van der Waals surface area contributed by atoms with Crippen LogP contribution in [0.15, 0.2) is 70.2 Å². The van der Waals surface area contributed by atoms with Crippen molar-refractivity contribution in [3.8, 4) is 22.7 Å². The van der Waals surface area contributed by atoms with Crippen molar-refractivity contribution in [3.05, 3.63) is 82.0 Å². The Hall–Kier alpha value is -3.03. The summed E-state index contributed by atoms with van der Waals surface area (Å²) < 4.78 is 21.4. The average Bonchev–Trinajstić information content (AvgIpc) is 3.28. The lowest BCUT2D eigenvalue weighted by atomic mass is 10.2. The van der Waals surface area contributed by atoms with Crippen molar-refractivity contribution in [3.63, 3.8) is 0 Å². The van der Waals surface area contributed by atoms with Gasteiger partial charge in [0.2, 0.25) is 4.77 Å². The molecule has 0 unspecified atom stereocenters. The second-order valence-electron chi connectivity index (χ2n) is 5.57. The van der Waals surface area contributed by atoms with E-state index < -0.39 is 5.82 Å². The second kappa shape index (κ2) is 7.30. The Kier molecular flexibility index (Phi) is 4.70. The summed E-state index contributed by atoms with van der Waals surface area (Å²) in [6, 6.07) is 17.2. The monoisotopic (exact) mass is 398 g/mol. The number of aromatic amines is 1. The van der Waals surface area contributed by atoms with Crippen molar-refractivity contribution in [1.82, 2.24) is 14.9 Å². The fourth-order valence-corrected chi connectivity index (χ4v) is 2.97. The molecule has 2 aromatic heterocycles. The van der Waals surface area contributed by atoms with Gasteiger partial charge in [0, 0.05) is 5.56 Å². The minimum Gasteiger partial charge on any atom is -0.455 e. The van der Waals surface area contributed by atoms with Gasteiger partial charge in [0.15, 0.2) is 5.82 Å². The first-order chi connectivity index (χ1) is 13.1. The maximum atomic E-state index is 14.1. The molecule has 1 N–H and O–H groups in total. The van der Waals surface area contributed by atoms with E-state index in [0.29, 0.717) is 22.1 Å². The summed E-state index contributed by atoms with van der Waals surface area (Å²) in [6.07, 6.45) is 1.48. The number of furan rings is 1. The fourth-order valence-electron chi connectivity index (χ4n) is 2.56. The van der Waals surface area contributed by atoms with Gasteiger partial charge in [-0.15, -0.1) is 0 Å². The second-order valence-corrected chi connectivity index (χ2v) is 6.36. The van der Waals surface area contributed by atoms with Crippen LogP contribution in [0.4, 0.5) is 4.39 Å². The zero-order valence-electron chi connectivity index (χ0n) is 13.8. The summed E-state index contributed by atoms with van der Waals surface area (Å²) in [4.78, 5) is 0. The molecule has 0 atom stereocenters. The summed E-state index contributed by atoms with van der Waals surface area (Å²) >= 11 is 11.4. The molecule has 0 saturated carbocycles. The highest BCUT2D eigenvalue weighted by Gasteiger charge is 2.12. The highest BCUT2D eigenvalue weighted by Crippen LogP contribution is 2.28. The Morgan fingerprint density at radius 2 is 1.81 bits per heavy atom. The molecule has 0 spiro atoms. The van der Waals surface area contributed by atoms with Crippen molar-refractivity contribution in [2.75, 3.05) is 0 Å². The summed E-state index contributed by atoms with van der Waals surface area (Å²) in [5.74, 6) is 0.967. The lowest BCUT2D eigenvalue weighted by molar-refractivity contribution is 0.574. The molecular formula is C19H12ClFN4OS. The zero-order valence-corrected chi connectivity index (χ0v) is 15.3. The zero-order chi connectivity index (χ0) is 18.8. The van der Waals surface area contributed by atoms with Gasteiger partial charge >= 0.3 is 0 Å². The highest BCUT2D eigenvalue weighted by molar-refractivity contribution is 7.71. The molecule has 8 heteroatoms. The molecular weight excluding hydrogens is 387 g/mol. The van der Waals surface area contributed by atoms with Crippen LogP contribution in [0.3, 0.4) is 0 Å². The quantitative estimate of drug-likeness (QED) is 0.362. The van der Waals surface area contributed by atoms with Crippen LogP contribution in [0, 0.1) is 10.6 Å². The van der Waals surface area contributed by atoms with Crippen LogP contribution in [-0.4, -0.2) is 21.1 Å². The molecule has 4 aromatic rings. The Bertz CT molecular complexity index is 1190. The van der Waals surface area contributed by atoms with Gasteiger partial charge in [-0.25, -0.2) is 9.49 Å². The van der Waals surface area contributed by atoms with Crippen LogP contribution in [0.2, 0.25) is 5.02 Å². The third kappa shape index (κ3) is 3.47. The van der Waals surface area contributed by atoms with Gasteiger partial charge in [0.25, 0.3) is 0 Å². The summed E-state index contributed by atoms with van der Waals surface area (Å²) in [5, 5.41) is 11.6. The van der Waals surface area contributed by atoms with E-state index in [1.165, 1.54) is 17.0 Å². The molecule has 0 amide bonds. The fraction of sp³-hybridized carbons (Fsp3) is 0. The minimum atomic E-state index is -0.415. The van der Waals surface area contributed by atoms with E-state index in [4.69, 9.17) is 28.2 Å². The largest absolute Gasteiger partial charge is 0.455 e. The summed E-state index contributed by atoms with van der Waals surface area (Å²) in [6.45, 7) is 0. The van der Waals surface area contributed by atoms with Crippen LogP contribution < -0.4 is 0 Å². The van der Waals surface area contributed by atoms with E-state index in [0.717, 1.165) is 5.56 Å². The van der Waals surface area contributed by atoms with Crippen LogP contribution >= 0.6 is 23.8 Å². The third-order valence-corrected chi connectivity index (χ3v) is 4.43. The molecule has 0 aliphatic carbocycles. The van der Waals surface area contributed by atoms with Crippen LogP contribution in [0.1, 0.15) is 5.76 Å². The van der Waals surface area contributed by atoms with E-state index in [9.17, 15) is 4.39 Å². The lowest BCUT2D eigenvalue weighted by Gasteiger charge is -2.01. The van der Waals surface area contributed by atoms with E-state index in [2.05, 4.69) is 15.3 Å². The van der Waals surface area contributed by atoms with Crippen LogP contribution in [-0.2, 0) is 0 Å². The number of H-pyrrole nitrogens is 1. The standard InChI is InChI=1S/C19H12ClFN4OS/c20-15-7-3-1-5-13(15)17-10-9-12(26-17)11-22-25-18(23-24-19(25)27)14-6-2-4-8-16(14)21/h1-11H,(H,24,27). The molecule has 27 heavy (non-hydrogen) atoms. The Morgan fingerprint density at radius 3 is 2.59 bits per heavy atom. The number of nitrogens with one attached hydrogen (secondary N) is 1. The van der Waals surface area contributed by atoms with E-state index in [-0.39, 0.29) is 10.6 Å². The van der Waals surface area contributed by atoms with Gasteiger partial charge in [-0.2, -0.15) is 14.9 Å². The lowest BCUT2D eigenvalue weighted by Crippen LogP contribution is -1.96. The van der Waals surface area contributed by atoms with E-state index in [1.807, 2.05) is 18.2 Å². The number of halogens is 2. The maximum Gasteiger partial charge on any atom is 0.216 e. The molecule has 4 rings (SSSR count). The molecule has 2 heterocycles. The summed E-state index contributed by atoms with van der Waals surface area (Å²) in [5.41, 5.74) is 1.07. The van der Waals surface area contributed by atoms with Gasteiger partial charge in [0.1, 0.15) is 17.3 Å². The Balaban J connectivity index is 1.67. The number of hydrogen-bond donors (Lipinski definition) is 1. The molecule has 0 saturated heterocycles. The van der Waals surface area contributed by atoms with Gasteiger partial charge in [0.05, 0.1) is 16.8 Å². The topological polar surface area (TPSA) is 59.1 Å². The number of nitrogens with zero attached hydrogens (tertiary/aromatic N) is 3. The van der Waals surface area contributed by atoms with Crippen molar-refractivity contribution in [1.29, 1.82) is 0 Å². The number of hydrogen-bond acceptors (Lipinski definition) is 4. The normalized spacial score (nSPS) is 11.3. The van der Waals surface area contributed by atoms with E-state index >= 15 is 0 Å². The van der Waals surface area contributed by atoms with Crippen molar-refractivity contribution in [2.45, 2.75) is 0 Å².